The molecular formula is C13H13ClN2OS. The fourth-order valence-corrected chi connectivity index (χ4v) is 1.96. The summed E-state index contributed by atoms with van der Waals surface area (Å²) in [4.78, 5) is 0.346. The second-order valence-corrected chi connectivity index (χ2v) is 4.66. The van der Waals surface area contributed by atoms with Crippen molar-refractivity contribution in [2.45, 2.75) is 6.42 Å². The summed E-state index contributed by atoms with van der Waals surface area (Å²) in [5, 5.41) is 3.85. The van der Waals surface area contributed by atoms with Crippen molar-refractivity contribution in [1.82, 2.24) is 0 Å². The van der Waals surface area contributed by atoms with Crippen LogP contribution in [0.2, 0.25) is 5.02 Å². The van der Waals surface area contributed by atoms with Crippen LogP contribution < -0.4 is 11.1 Å². The Hall–Kier alpha value is -1.52. The van der Waals surface area contributed by atoms with Gasteiger partial charge >= 0.3 is 0 Å². The molecule has 3 N–H and O–H groups in total. The molecule has 5 heteroatoms. The Balaban J connectivity index is 1.95. The van der Waals surface area contributed by atoms with Gasteiger partial charge in [-0.25, -0.2) is 0 Å². The van der Waals surface area contributed by atoms with Crippen LogP contribution in [0.15, 0.2) is 41.0 Å². The lowest BCUT2D eigenvalue weighted by Gasteiger charge is -2.08. The fourth-order valence-electron chi connectivity index (χ4n) is 1.59. The van der Waals surface area contributed by atoms with E-state index < -0.39 is 0 Å². The molecule has 0 saturated carbocycles. The van der Waals surface area contributed by atoms with Gasteiger partial charge in [-0.3, -0.25) is 0 Å². The predicted molar refractivity (Wildman–Crippen MR) is 78.2 cm³/mol. The lowest BCUT2D eigenvalue weighted by Crippen LogP contribution is -2.10. The zero-order valence-corrected chi connectivity index (χ0v) is 11.2. The van der Waals surface area contributed by atoms with Gasteiger partial charge in [-0.05, 0) is 30.3 Å². The van der Waals surface area contributed by atoms with E-state index in [0.717, 1.165) is 30.0 Å². The highest BCUT2D eigenvalue weighted by molar-refractivity contribution is 7.80. The van der Waals surface area contributed by atoms with E-state index in [0.29, 0.717) is 10.0 Å². The molecule has 0 aliphatic heterocycles. The highest BCUT2D eigenvalue weighted by Gasteiger charge is 2.03. The molecule has 0 radical (unpaired) electrons. The van der Waals surface area contributed by atoms with E-state index in [9.17, 15) is 0 Å². The molecule has 3 nitrogen and oxygen atoms in total. The quantitative estimate of drug-likeness (QED) is 0.826. The van der Waals surface area contributed by atoms with E-state index >= 15 is 0 Å². The zero-order valence-electron chi connectivity index (χ0n) is 9.65. The molecule has 2 aromatic rings. The monoisotopic (exact) mass is 280 g/mol. The Labute approximate surface area is 116 Å². The van der Waals surface area contributed by atoms with Crippen LogP contribution in [0.4, 0.5) is 5.69 Å². The smallest absolute Gasteiger partial charge is 0.105 e. The van der Waals surface area contributed by atoms with E-state index in [4.69, 9.17) is 34.0 Å². The largest absolute Gasteiger partial charge is 0.469 e. The minimum atomic E-state index is 0.346. The van der Waals surface area contributed by atoms with E-state index in [1.165, 1.54) is 0 Å². The molecule has 0 spiro atoms. The second-order valence-electron chi connectivity index (χ2n) is 3.82. The number of anilines is 1. The lowest BCUT2D eigenvalue weighted by atomic mass is 10.2. The van der Waals surface area contributed by atoms with Crippen molar-refractivity contribution in [3.05, 3.63) is 52.9 Å². The molecule has 0 amide bonds. The van der Waals surface area contributed by atoms with E-state index in [-0.39, 0.29) is 0 Å². The molecule has 1 aromatic heterocycles. The maximum absolute atomic E-state index is 6.13. The minimum absolute atomic E-state index is 0.346. The lowest BCUT2D eigenvalue weighted by molar-refractivity contribution is 0.513. The first-order valence-electron chi connectivity index (χ1n) is 5.52. The van der Waals surface area contributed by atoms with Crippen LogP contribution in [0.25, 0.3) is 0 Å². The minimum Gasteiger partial charge on any atom is -0.469 e. The first-order valence-corrected chi connectivity index (χ1v) is 6.31. The summed E-state index contributed by atoms with van der Waals surface area (Å²) in [6, 6.07) is 9.31. The number of nitrogens with two attached hydrogens (primary N) is 1. The third-order valence-corrected chi connectivity index (χ3v) is 3.07. The van der Waals surface area contributed by atoms with Crippen LogP contribution in [-0.2, 0) is 6.42 Å². The molecule has 18 heavy (non-hydrogen) atoms. The predicted octanol–water partition coefficient (Wildman–Crippen LogP) is 3.22. The molecule has 94 valence electrons. The van der Waals surface area contributed by atoms with Gasteiger partial charge in [-0.1, -0.05) is 23.8 Å². The average Bonchev–Trinajstić information content (AvgIpc) is 2.84. The van der Waals surface area contributed by atoms with Gasteiger partial charge in [0.25, 0.3) is 0 Å². The van der Waals surface area contributed by atoms with Crippen molar-refractivity contribution in [1.29, 1.82) is 0 Å². The number of furan rings is 1. The first-order chi connectivity index (χ1) is 8.66. The summed E-state index contributed by atoms with van der Waals surface area (Å²) >= 11 is 11.0. The summed E-state index contributed by atoms with van der Waals surface area (Å²) in [7, 11) is 0. The number of rotatable bonds is 5. The maximum atomic E-state index is 6.13. The highest BCUT2D eigenvalue weighted by Crippen LogP contribution is 2.23. The molecule has 0 fully saturated rings. The molecule has 1 heterocycles. The van der Waals surface area contributed by atoms with Crippen LogP contribution in [0.5, 0.6) is 0 Å². The number of hydrogen-bond donors (Lipinski definition) is 2. The van der Waals surface area contributed by atoms with E-state index in [1.54, 1.807) is 12.3 Å². The molecule has 1 aromatic carbocycles. The Morgan fingerprint density at radius 1 is 1.39 bits per heavy atom. The normalized spacial score (nSPS) is 10.3. The first kappa shape index (κ1) is 12.9. The molecule has 2 rings (SSSR count). The summed E-state index contributed by atoms with van der Waals surface area (Å²) in [6.45, 7) is 0.750. The van der Waals surface area contributed by atoms with Gasteiger partial charge in [0.1, 0.15) is 10.7 Å². The Kier molecular flexibility index (Phi) is 4.23. The van der Waals surface area contributed by atoms with Crippen molar-refractivity contribution >= 4 is 34.5 Å². The molecule has 0 atom stereocenters. The zero-order chi connectivity index (χ0) is 13.0. The van der Waals surface area contributed by atoms with Gasteiger partial charge < -0.3 is 15.5 Å². The number of nitrogens with one attached hydrogen (secondary N) is 1. The topological polar surface area (TPSA) is 51.2 Å². The highest BCUT2D eigenvalue weighted by atomic mass is 35.5. The van der Waals surface area contributed by atoms with Crippen molar-refractivity contribution in [2.75, 3.05) is 11.9 Å². The molecule has 0 unspecified atom stereocenters. The maximum Gasteiger partial charge on any atom is 0.105 e. The third-order valence-electron chi connectivity index (χ3n) is 2.52. The molecular weight excluding hydrogens is 268 g/mol. The van der Waals surface area contributed by atoms with Crippen LogP contribution in [-0.4, -0.2) is 11.5 Å². The summed E-state index contributed by atoms with van der Waals surface area (Å²) in [5.74, 6) is 0.943. The van der Waals surface area contributed by atoms with Crippen molar-refractivity contribution in [3.63, 3.8) is 0 Å². The van der Waals surface area contributed by atoms with Crippen LogP contribution in [0.3, 0.4) is 0 Å². The van der Waals surface area contributed by atoms with Crippen molar-refractivity contribution in [3.8, 4) is 0 Å². The van der Waals surface area contributed by atoms with E-state index in [1.807, 2.05) is 24.3 Å². The van der Waals surface area contributed by atoms with E-state index in [2.05, 4.69) is 5.32 Å². The molecule has 0 aliphatic rings. The van der Waals surface area contributed by atoms with Crippen LogP contribution in [0, 0.1) is 0 Å². The number of thiocarbonyl (C=S) groups is 1. The van der Waals surface area contributed by atoms with Gasteiger partial charge in [0.15, 0.2) is 0 Å². The van der Waals surface area contributed by atoms with Crippen molar-refractivity contribution in [2.24, 2.45) is 5.73 Å². The fraction of sp³-hybridized carbons (Fsp3) is 0.154. The second kappa shape index (κ2) is 5.89. The van der Waals surface area contributed by atoms with Gasteiger partial charge in [0.2, 0.25) is 0 Å². The number of benzene rings is 1. The summed E-state index contributed by atoms with van der Waals surface area (Å²) in [5.41, 5.74) is 7.17. The Morgan fingerprint density at radius 3 is 2.83 bits per heavy atom. The molecule has 0 bridgehead atoms. The van der Waals surface area contributed by atoms with Gasteiger partial charge in [0, 0.05) is 18.5 Å². The summed E-state index contributed by atoms with van der Waals surface area (Å²) in [6.07, 6.45) is 2.47. The van der Waals surface area contributed by atoms with Crippen LogP contribution in [0.1, 0.15) is 11.3 Å². The Bertz CT molecular complexity index is 540. The standard InChI is InChI=1S/C13H13ClN2OS/c14-11-8-9(13(15)18)3-4-12(11)16-6-5-10-2-1-7-17-10/h1-4,7-8,16H,5-6H2,(H2,15,18). The molecule has 0 aliphatic carbocycles. The van der Waals surface area contributed by atoms with Crippen molar-refractivity contribution < 1.29 is 4.42 Å². The number of hydrogen-bond acceptors (Lipinski definition) is 3. The Morgan fingerprint density at radius 2 is 2.22 bits per heavy atom. The van der Waals surface area contributed by atoms with Gasteiger partial charge in [-0.15, -0.1) is 0 Å². The number of halogens is 1. The van der Waals surface area contributed by atoms with Gasteiger partial charge in [0.05, 0.1) is 17.0 Å². The molecule has 0 saturated heterocycles. The SMILES string of the molecule is NC(=S)c1ccc(NCCc2ccco2)c(Cl)c1. The average molecular weight is 281 g/mol. The van der Waals surface area contributed by atoms with Gasteiger partial charge in [-0.2, -0.15) is 0 Å². The third kappa shape index (κ3) is 3.24. The summed E-state index contributed by atoms with van der Waals surface area (Å²) < 4.78 is 5.25. The van der Waals surface area contributed by atoms with Crippen LogP contribution >= 0.6 is 23.8 Å².